The number of ether oxygens (including phenoxy) is 2. The van der Waals surface area contributed by atoms with E-state index in [0.29, 0.717) is 38.4 Å². The first kappa shape index (κ1) is 30.8. The molecule has 38 heavy (non-hydrogen) atoms. The molecule has 0 saturated heterocycles. The first-order valence-electron chi connectivity index (χ1n) is 11.1. The number of phenolic OH excluding ortho intramolecular Hbond substituents is 1. The van der Waals surface area contributed by atoms with Crippen molar-refractivity contribution in [2.75, 3.05) is 20.0 Å². The van der Waals surface area contributed by atoms with Gasteiger partial charge in [-0.05, 0) is 75.1 Å². The van der Waals surface area contributed by atoms with Crippen molar-refractivity contribution < 1.29 is 19.5 Å². The van der Waals surface area contributed by atoms with Gasteiger partial charge in [0.2, 0.25) is 5.75 Å². The summed E-state index contributed by atoms with van der Waals surface area (Å²) in [6, 6.07) is 5.23. The fourth-order valence-electron chi connectivity index (χ4n) is 3.56. The van der Waals surface area contributed by atoms with Crippen LogP contribution in [0.2, 0.25) is 15.1 Å². The van der Waals surface area contributed by atoms with Crippen molar-refractivity contribution in [2.45, 2.75) is 34.6 Å². The van der Waals surface area contributed by atoms with Gasteiger partial charge in [-0.1, -0.05) is 34.8 Å². The number of benzene rings is 3. The average Bonchev–Trinajstić information content (AvgIpc) is 3.33. The highest BCUT2D eigenvalue weighted by Crippen LogP contribution is 2.38. The second kappa shape index (κ2) is 12.9. The van der Waals surface area contributed by atoms with Crippen LogP contribution in [0.3, 0.4) is 0 Å². The Morgan fingerprint density at radius 3 is 1.95 bits per heavy atom. The van der Waals surface area contributed by atoms with Crippen LogP contribution < -0.4 is 15.2 Å². The minimum atomic E-state index is -0.635. The molecule has 0 atom stereocenters. The van der Waals surface area contributed by atoms with Crippen molar-refractivity contribution in [2.24, 2.45) is 0 Å². The number of halogens is 3. The number of aryl methyl sites for hydroxylation is 3. The molecule has 0 radical (unpaired) electrons. The minimum absolute atomic E-state index is 0.00907. The summed E-state index contributed by atoms with van der Waals surface area (Å²) >= 11 is 17.5. The molecule has 0 fully saturated rings. The predicted molar refractivity (Wildman–Crippen MR) is 154 cm³/mol. The molecule has 0 amide bonds. The summed E-state index contributed by atoms with van der Waals surface area (Å²) in [5.41, 5.74) is 11.3. The Labute approximate surface area is 235 Å². The summed E-state index contributed by atoms with van der Waals surface area (Å²) in [7, 11) is 3.16. The number of aromatic amines is 1. The average molecular weight is 584 g/mol. The van der Waals surface area contributed by atoms with E-state index in [1.54, 1.807) is 34.3 Å². The third-order valence-corrected chi connectivity index (χ3v) is 6.83. The van der Waals surface area contributed by atoms with Crippen molar-refractivity contribution in [1.82, 2.24) is 10.2 Å². The van der Waals surface area contributed by atoms with Gasteiger partial charge in [0.25, 0.3) is 0 Å². The number of nitrogens with one attached hydrogen (secondary N) is 1. The number of hydrogen-bond acceptors (Lipinski definition) is 7. The highest BCUT2D eigenvalue weighted by Gasteiger charge is 2.21. The number of nitro groups is 1. The first-order valence-corrected chi connectivity index (χ1v) is 12.3. The number of H-pyrrole nitrogens is 1. The van der Waals surface area contributed by atoms with E-state index in [9.17, 15) is 15.2 Å². The second-order valence-electron chi connectivity index (χ2n) is 8.37. The molecule has 4 N–H and O–H groups in total. The summed E-state index contributed by atoms with van der Waals surface area (Å²) < 4.78 is 10.2. The number of rotatable bonds is 3. The zero-order valence-corrected chi connectivity index (χ0v) is 24.3. The molecule has 204 valence electrons. The number of nitro benzene ring substituents is 1. The SMILES string of the molecule is COc1c(Cl)cc(C)c(C)c1N.COc1c(Cl)cc(C)c2cn[nH]c12.Cc1cc(Cl)c(O)c([N+](=O)[O-])c1C. The smallest absolute Gasteiger partial charge is 0.315 e. The molecule has 0 bridgehead atoms. The molecule has 0 aliphatic carbocycles. The van der Waals surface area contributed by atoms with E-state index in [1.165, 1.54) is 6.07 Å². The van der Waals surface area contributed by atoms with Gasteiger partial charge in [-0.25, -0.2) is 0 Å². The van der Waals surface area contributed by atoms with E-state index in [4.69, 9.17) is 50.0 Å². The summed E-state index contributed by atoms with van der Waals surface area (Å²) in [6.07, 6.45) is 1.77. The lowest BCUT2D eigenvalue weighted by Gasteiger charge is -2.11. The van der Waals surface area contributed by atoms with Gasteiger partial charge >= 0.3 is 5.69 Å². The van der Waals surface area contributed by atoms with E-state index in [0.717, 1.165) is 27.6 Å². The van der Waals surface area contributed by atoms with Crippen molar-refractivity contribution >= 4 is 57.1 Å². The van der Waals surface area contributed by atoms with Crippen molar-refractivity contribution in [3.05, 3.63) is 77.4 Å². The fraction of sp³-hybridized carbons (Fsp3) is 0.269. The van der Waals surface area contributed by atoms with Gasteiger partial charge in [-0.2, -0.15) is 5.10 Å². The number of aromatic hydroxyl groups is 1. The number of fused-ring (bicyclic) bond motifs is 1. The lowest BCUT2D eigenvalue weighted by Crippen LogP contribution is -1.97. The molecule has 3 aromatic carbocycles. The van der Waals surface area contributed by atoms with Crippen LogP contribution in [0.4, 0.5) is 11.4 Å². The lowest BCUT2D eigenvalue weighted by molar-refractivity contribution is -0.386. The Kier molecular flexibility index (Phi) is 10.5. The van der Waals surface area contributed by atoms with Gasteiger partial charge in [-0.3, -0.25) is 15.2 Å². The van der Waals surface area contributed by atoms with E-state index in [2.05, 4.69) is 10.2 Å². The molecule has 0 saturated carbocycles. The number of nitrogens with zero attached hydrogens (tertiary/aromatic N) is 2. The molecule has 12 heteroatoms. The van der Waals surface area contributed by atoms with Crippen LogP contribution in [-0.2, 0) is 0 Å². The Bertz CT molecular complexity index is 1460. The number of hydrogen-bond donors (Lipinski definition) is 3. The normalized spacial score (nSPS) is 10.3. The Balaban J connectivity index is 0.000000200. The Hall–Kier alpha value is -3.40. The topological polar surface area (TPSA) is 137 Å². The number of nitrogen functional groups attached to an aromatic ring is 1. The second-order valence-corrected chi connectivity index (χ2v) is 9.59. The predicted octanol–water partition coefficient (Wildman–Crippen LogP) is 7.65. The van der Waals surface area contributed by atoms with Crippen LogP contribution in [0.5, 0.6) is 17.2 Å². The summed E-state index contributed by atoms with van der Waals surface area (Å²) in [5, 5.41) is 28.9. The molecule has 0 aliphatic rings. The minimum Gasteiger partial charge on any atom is -0.501 e. The van der Waals surface area contributed by atoms with Gasteiger partial charge < -0.3 is 20.3 Å². The molecule has 4 rings (SSSR count). The standard InChI is InChI=1S/C9H9ClN2O.C9H12ClNO.C8H8ClNO3/c1-5-3-7(10)9(13-2)8-6(5)4-11-12-8;1-5-4-7(10)9(12-3)8(11)6(5)2;1-4-3-6(9)8(11)7(5(4)2)10(12)13/h3-4H,1-2H3,(H,11,12);4H,11H2,1-3H3;3,11H,1-2H3. The maximum Gasteiger partial charge on any atom is 0.315 e. The summed E-state index contributed by atoms with van der Waals surface area (Å²) in [5.74, 6) is 0.759. The number of anilines is 1. The summed E-state index contributed by atoms with van der Waals surface area (Å²) in [4.78, 5) is 9.90. The Morgan fingerprint density at radius 2 is 1.39 bits per heavy atom. The van der Waals surface area contributed by atoms with Crippen LogP contribution in [0.25, 0.3) is 10.9 Å². The molecule has 0 spiro atoms. The van der Waals surface area contributed by atoms with E-state index in [1.807, 2.05) is 32.9 Å². The third kappa shape index (κ3) is 6.53. The van der Waals surface area contributed by atoms with Crippen LogP contribution >= 0.6 is 34.8 Å². The van der Waals surface area contributed by atoms with Crippen LogP contribution in [0, 0.1) is 44.7 Å². The molecule has 0 aliphatic heterocycles. The molecular formula is C26H29Cl3N4O5. The van der Waals surface area contributed by atoms with Crippen molar-refractivity contribution in [3.63, 3.8) is 0 Å². The zero-order chi connectivity index (χ0) is 28.9. The fourth-order valence-corrected chi connectivity index (χ4v) is 4.49. The van der Waals surface area contributed by atoms with E-state index < -0.39 is 10.7 Å². The largest absolute Gasteiger partial charge is 0.501 e. The van der Waals surface area contributed by atoms with Crippen LogP contribution in [0.15, 0.2) is 24.4 Å². The number of aromatic nitrogens is 2. The molecule has 1 heterocycles. The Morgan fingerprint density at radius 1 is 0.895 bits per heavy atom. The molecule has 4 aromatic rings. The van der Waals surface area contributed by atoms with Gasteiger partial charge in [-0.15, -0.1) is 0 Å². The lowest BCUT2D eigenvalue weighted by atomic mass is 10.1. The quantitative estimate of drug-likeness (QED) is 0.128. The van der Waals surface area contributed by atoms with Crippen molar-refractivity contribution in [3.8, 4) is 17.2 Å². The molecule has 0 unspecified atom stereocenters. The zero-order valence-electron chi connectivity index (χ0n) is 22.0. The number of phenols is 1. The first-order chi connectivity index (χ1) is 17.8. The molecule has 1 aromatic heterocycles. The van der Waals surface area contributed by atoms with E-state index in [-0.39, 0.29) is 10.7 Å². The van der Waals surface area contributed by atoms with Gasteiger partial charge in [0.05, 0.1) is 46.1 Å². The maximum atomic E-state index is 10.5. The monoisotopic (exact) mass is 582 g/mol. The maximum absolute atomic E-state index is 10.5. The van der Waals surface area contributed by atoms with Crippen LogP contribution in [-0.4, -0.2) is 34.4 Å². The third-order valence-electron chi connectivity index (χ3n) is 5.98. The number of methoxy groups -OCH3 is 2. The summed E-state index contributed by atoms with van der Waals surface area (Å²) in [6.45, 7) is 9.18. The van der Waals surface area contributed by atoms with E-state index >= 15 is 0 Å². The van der Waals surface area contributed by atoms with Gasteiger partial charge in [0.15, 0.2) is 11.5 Å². The molecular weight excluding hydrogens is 555 g/mol. The van der Waals surface area contributed by atoms with Gasteiger partial charge in [0, 0.05) is 10.9 Å². The van der Waals surface area contributed by atoms with Crippen molar-refractivity contribution in [1.29, 1.82) is 0 Å². The highest BCUT2D eigenvalue weighted by molar-refractivity contribution is 6.33. The highest BCUT2D eigenvalue weighted by atomic mass is 35.5. The van der Waals surface area contributed by atoms with Gasteiger partial charge in [0.1, 0.15) is 5.52 Å². The molecule has 9 nitrogen and oxygen atoms in total. The number of nitrogens with two attached hydrogens (primary N) is 1. The van der Waals surface area contributed by atoms with Crippen LogP contribution in [0.1, 0.15) is 27.8 Å².